The second-order valence-electron chi connectivity index (χ2n) is 6.26. The maximum atomic E-state index is 12.5. The molecule has 0 aliphatic heterocycles. The van der Waals surface area contributed by atoms with Gasteiger partial charge in [-0.15, -0.1) is 10.2 Å². The molecule has 0 unspecified atom stereocenters. The highest BCUT2D eigenvalue weighted by Crippen LogP contribution is 2.19. The molecule has 1 N–H and O–H groups in total. The van der Waals surface area contributed by atoms with Crippen molar-refractivity contribution in [3.63, 3.8) is 0 Å². The summed E-state index contributed by atoms with van der Waals surface area (Å²) in [6.07, 6.45) is 1.81. The van der Waals surface area contributed by atoms with Crippen LogP contribution in [0.15, 0.2) is 22.9 Å². The van der Waals surface area contributed by atoms with Crippen molar-refractivity contribution in [2.75, 3.05) is 0 Å². The van der Waals surface area contributed by atoms with E-state index in [2.05, 4.69) is 30.8 Å². The normalized spacial score (nSPS) is 11.3. The number of fused-ring (bicyclic) bond motifs is 1. The van der Waals surface area contributed by atoms with Crippen molar-refractivity contribution >= 4 is 11.6 Å². The second-order valence-corrected chi connectivity index (χ2v) is 6.26. The molecule has 27 heavy (non-hydrogen) atoms. The van der Waals surface area contributed by atoms with E-state index < -0.39 is 0 Å². The number of pyridine rings is 1. The minimum Gasteiger partial charge on any atom is -0.345 e. The van der Waals surface area contributed by atoms with E-state index >= 15 is 0 Å². The van der Waals surface area contributed by atoms with Crippen molar-refractivity contribution in [2.45, 2.75) is 27.3 Å². The number of carbonyl (C=O) groups is 1. The summed E-state index contributed by atoms with van der Waals surface area (Å²) in [4.78, 5) is 16.7. The van der Waals surface area contributed by atoms with Crippen molar-refractivity contribution in [3.8, 4) is 11.5 Å². The minimum atomic E-state index is -0.187. The molecule has 0 aliphatic carbocycles. The van der Waals surface area contributed by atoms with Crippen LogP contribution in [0.3, 0.4) is 0 Å². The Kier molecular flexibility index (Phi) is 3.94. The maximum absolute atomic E-state index is 12.5. The van der Waals surface area contributed by atoms with Gasteiger partial charge in [-0.25, -0.2) is 0 Å². The number of carbonyl (C=O) groups excluding carboxylic acids is 1. The quantitative estimate of drug-likeness (QED) is 0.580. The van der Waals surface area contributed by atoms with Gasteiger partial charge in [0.25, 0.3) is 11.8 Å². The second kappa shape index (κ2) is 6.31. The molecule has 4 aromatic rings. The smallest absolute Gasteiger partial charge is 0.258 e. The van der Waals surface area contributed by atoms with E-state index in [1.165, 1.54) is 0 Å². The number of nitrogens with zero attached hydrogens (tertiary/aromatic N) is 7. The Hall–Kier alpha value is -3.56. The highest BCUT2D eigenvalue weighted by molar-refractivity contribution is 5.96. The third kappa shape index (κ3) is 2.94. The molecule has 1 amide bonds. The van der Waals surface area contributed by atoms with Gasteiger partial charge in [0, 0.05) is 24.5 Å². The summed E-state index contributed by atoms with van der Waals surface area (Å²) >= 11 is 0. The number of amides is 1. The van der Waals surface area contributed by atoms with Crippen LogP contribution < -0.4 is 5.32 Å². The van der Waals surface area contributed by atoms with Crippen LogP contribution in [-0.4, -0.2) is 40.4 Å². The first-order valence-corrected chi connectivity index (χ1v) is 8.37. The van der Waals surface area contributed by atoms with Crippen LogP contribution in [0.1, 0.15) is 33.4 Å². The van der Waals surface area contributed by atoms with Crippen molar-refractivity contribution in [1.82, 2.24) is 39.8 Å². The zero-order valence-corrected chi connectivity index (χ0v) is 15.4. The van der Waals surface area contributed by atoms with E-state index in [-0.39, 0.29) is 12.5 Å². The summed E-state index contributed by atoms with van der Waals surface area (Å²) in [6, 6.07) is 3.64. The predicted molar refractivity (Wildman–Crippen MR) is 94.9 cm³/mol. The molecule has 4 heterocycles. The molecule has 4 aromatic heterocycles. The van der Waals surface area contributed by atoms with Crippen LogP contribution in [0, 0.1) is 20.8 Å². The highest BCUT2D eigenvalue weighted by Gasteiger charge is 2.18. The molecule has 0 bridgehead atoms. The molecule has 138 valence electrons. The van der Waals surface area contributed by atoms with E-state index in [0.717, 1.165) is 11.3 Å². The summed E-state index contributed by atoms with van der Waals surface area (Å²) in [6.45, 7) is 5.68. The number of hydrogen-bond acceptors (Lipinski definition) is 7. The van der Waals surface area contributed by atoms with Gasteiger partial charge < -0.3 is 9.84 Å². The fraction of sp³-hybridized carbons (Fsp3) is 0.294. The third-order valence-corrected chi connectivity index (χ3v) is 4.40. The first-order valence-electron chi connectivity index (χ1n) is 8.37. The van der Waals surface area contributed by atoms with Gasteiger partial charge in [0.05, 0.1) is 17.8 Å². The van der Waals surface area contributed by atoms with E-state index in [1.54, 1.807) is 22.1 Å². The lowest BCUT2D eigenvalue weighted by atomic mass is 10.2. The lowest BCUT2D eigenvalue weighted by Crippen LogP contribution is -2.25. The Morgan fingerprint density at radius 2 is 2.07 bits per heavy atom. The van der Waals surface area contributed by atoms with Crippen molar-refractivity contribution in [2.24, 2.45) is 7.05 Å². The average molecular weight is 366 g/mol. The van der Waals surface area contributed by atoms with E-state index in [9.17, 15) is 4.79 Å². The van der Waals surface area contributed by atoms with Gasteiger partial charge >= 0.3 is 0 Å². The van der Waals surface area contributed by atoms with Crippen molar-refractivity contribution in [1.29, 1.82) is 0 Å². The number of aromatic nitrogens is 7. The van der Waals surface area contributed by atoms with E-state index in [0.29, 0.717) is 34.4 Å². The molecule has 0 spiro atoms. The molecule has 0 radical (unpaired) electrons. The SMILES string of the molecule is Cc1noc(-c2ccn3c(CNC(=O)c4c(C)nn(C)c4C)nnc3c2)n1. The fourth-order valence-corrected chi connectivity index (χ4v) is 2.96. The number of rotatable bonds is 4. The van der Waals surface area contributed by atoms with Gasteiger partial charge in [0.1, 0.15) is 0 Å². The fourth-order valence-electron chi connectivity index (χ4n) is 2.96. The van der Waals surface area contributed by atoms with Gasteiger partial charge in [-0.05, 0) is 32.9 Å². The summed E-state index contributed by atoms with van der Waals surface area (Å²) in [5.41, 5.74) is 3.48. The van der Waals surface area contributed by atoms with Gasteiger partial charge in [-0.2, -0.15) is 10.1 Å². The van der Waals surface area contributed by atoms with E-state index in [1.807, 2.05) is 33.2 Å². The monoisotopic (exact) mass is 366 g/mol. The molecule has 0 aromatic carbocycles. The molecular weight excluding hydrogens is 348 g/mol. The molecule has 0 saturated carbocycles. The third-order valence-electron chi connectivity index (χ3n) is 4.40. The summed E-state index contributed by atoms with van der Waals surface area (Å²) in [5.74, 6) is 1.42. The zero-order chi connectivity index (χ0) is 19.1. The summed E-state index contributed by atoms with van der Waals surface area (Å²) in [7, 11) is 1.81. The molecular formula is C17H18N8O2. The standard InChI is InChI=1S/C17H18N8O2/c1-9-15(10(2)24(4)22-9)16(26)18-8-14-21-20-13-7-12(5-6-25(13)14)17-19-11(3)23-27-17/h5-7H,8H2,1-4H3,(H,18,26). The number of hydrogen-bond donors (Lipinski definition) is 1. The Labute approximate surface area is 154 Å². The van der Waals surface area contributed by atoms with Crippen LogP contribution in [0.25, 0.3) is 17.1 Å². The molecule has 0 saturated heterocycles. The van der Waals surface area contributed by atoms with Gasteiger partial charge in [0.15, 0.2) is 17.3 Å². The van der Waals surface area contributed by atoms with Crippen LogP contribution in [-0.2, 0) is 13.6 Å². The van der Waals surface area contributed by atoms with Crippen LogP contribution in [0.5, 0.6) is 0 Å². The van der Waals surface area contributed by atoms with Crippen LogP contribution in [0.2, 0.25) is 0 Å². The van der Waals surface area contributed by atoms with Gasteiger partial charge in [0.2, 0.25) is 0 Å². The summed E-state index contributed by atoms with van der Waals surface area (Å²) in [5, 5.41) is 19.3. The molecule has 10 nitrogen and oxygen atoms in total. The minimum absolute atomic E-state index is 0.187. The zero-order valence-electron chi connectivity index (χ0n) is 15.4. The van der Waals surface area contributed by atoms with Crippen LogP contribution >= 0.6 is 0 Å². The van der Waals surface area contributed by atoms with E-state index in [4.69, 9.17) is 4.52 Å². The molecule has 10 heteroatoms. The predicted octanol–water partition coefficient (Wildman–Crippen LogP) is 1.37. The van der Waals surface area contributed by atoms with Gasteiger partial charge in [-0.1, -0.05) is 5.16 Å². The Morgan fingerprint density at radius 3 is 2.74 bits per heavy atom. The first-order chi connectivity index (χ1) is 12.9. The number of nitrogens with one attached hydrogen (secondary N) is 1. The first kappa shape index (κ1) is 16.9. The molecule has 0 aliphatic rings. The van der Waals surface area contributed by atoms with Gasteiger partial charge in [-0.3, -0.25) is 13.9 Å². The lowest BCUT2D eigenvalue weighted by Gasteiger charge is -2.05. The molecule has 0 fully saturated rings. The summed E-state index contributed by atoms with van der Waals surface area (Å²) < 4.78 is 8.67. The number of aryl methyl sites for hydroxylation is 3. The Balaban J connectivity index is 1.55. The van der Waals surface area contributed by atoms with Crippen molar-refractivity contribution < 1.29 is 9.32 Å². The molecule has 4 rings (SSSR count). The maximum Gasteiger partial charge on any atom is 0.258 e. The van der Waals surface area contributed by atoms with Crippen molar-refractivity contribution in [3.05, 3.63) is 46.9 Å². The van der Waals surface area contributed by atoms with Crippen LogP contribution in [0.4, 0.5) is 0 Å². The molecule has 0 atom stereocenters. The largest absolute Gasteiger partial charge is 0.345 e. The Morgan fingerprint density at radius 1 is 1.26 bits per heavy atom. The average Bonchev–Trinajstić information content (AvgIpc) is 3.31. The lowest BCUT2D eigenvalue weighted by molar-refractivity contribution is 0.0948. The highest BCUT2D eigenvalue weighted by atomic mass is 16.5. The topological polar surface area (TPSA) is 116 Å². The Bertz CT molecular complexity index is 1150.